The summed E-state index contributed by atoms with van der Waals surface area (Å²) >= 11 is 0. The SMILES string of the molecule is c1ccc2c(-c3ncc(CN4CCCC(CN5CCOCC5)C4)cn3)cccc2c1. The van der Waals surface area contributed by atoms with Gasteiger partial charge in [-0.15, -0.1) is 0 Å². The summed E-state index contributed by atoms with van der Waals surface area (Å²) in [6.45, 7) is 8.42. The van der Waals surface area contributed by atoms with Crippen LogP contribution in [0.4, 0.5) is 0 Å². The van der Waals surface area contributed by atoms with Gasteiger partial charge in [-0.3, -0.25) is 9.80 Å². The third-order valence-electron chi connectivity index (χ3n) is 6.37. The van der Waals surface area contributed by atoms with Gasteiger partial charge in [-0.25, -0.2) is 9.97 Å². The largest absolute Gasteiger partial charge is 0.379 e. The minimum absolute atomic E-state index is 0.757. The zero-order chi connectivity index (χ0) is 20.2. The number of morpholine rings is 1. The smallest absolute Gasteiger partial charge is 0.159 e. The van der Waals surface area contributed by atoms with Crippen LogP contribution in [0.3, 0.4) is 0 Å². The molecule has 2 aliphatic heterocycles. The second-order valence-corrected chi connectivity index (χ2v) is 8.60. The number of ether oxygens (including phenoxy) is 1. The van der Waals surface area contributed by atoms with Gasteiger partial charge in [0.15, 0.2) is 5.82 Å². The third-order valence-corrected chi connectivity index (χ3v) is 6.37. The van der Waals surface area contributed by atoms with Crippen molar-refractivity contribution in [1.29, 1.82) is 0 Å². The van der Waals surface area contributed by atoms with Gasteiger partial charge >= 0.3 is 0 Å². The van der Waals surface area contributed by atoms with Crippen molar-refractivity contribution in [1.82, 2.24) is 19.8 Å². The van der Waals surface area contributed by atoms with Crippen LogP contribution >= 0.6 is 0 Å². The quantitative estimate of drug-likeness (QED) is 0.649. The molecule has 3 heterocycles. The van der Waals surface area contributed by atoms with Gasteiger partial charge in [0.1, 0.15) is 0 Å². The summed E-state index contributed by atoms with van der Waals surface area (Å²) in [7, 11) is 0. The maximum absolute atomic E-state index is 5.49. The van der Waals surface area contributed by atoms with E-state index in [4.69, 9.17) is 14.7 Å². The van der Waals surface area contributed by atoms with E-state index in [0.717, 1.165) is 50.2 Å². The Labute approximate surface area is 178 Å². The molecule has 0 spiro atoms. The van der Waals surface area contributed by atoms with Crippen LogP contribution in [0.25, 0.3) is 22.2 Å². The second kappa shape index (κ2) is 9.21. The number of benzene rings is 2. The van der Waals surface area contributed by atoms with Gasteiger partial charge < -0.3 is 4.74 Å². The molecule has 1 atom stereocenters. The zero-order valence-electron chi connectivity index (χ0n) is 17.5. The van der Waals surface area contributed by atoms with Gasteiger partial charge in [0.25, 0.3) is 0 Å². The van der Waals surface area contributed by atoms with E-state index in [9.17, 15) is 0 Å². The lowest BCUT2D eigenvalue weighted by molar-refractivity contribution is 0.0224. The van der Waals surface area contributed by atoms with Crippen molar-refractivity contribution in [3.8, 4) is 11.4 Å². The van der Waals surface area contributed by atoms with Crippen LogP contribution in [0.1, 0.15) is 18.4 Å². The Morgan fingerprint density at radius 3 is 2.57 bits per heavy atom. The van der Waals surface area contributed by atoms with Crippen molar-refractivity contribution in [2.24, 2.45) is 5.92 Å². The third kappa shape index (κ3) is 4.53. The molecule has 2 fully saturated rings. The summed E-state index contributed by atoms with van der Waals surface area (Å²) in [6.07, 6.45) is 6.64. The molecule has 2 aliphatic rings. The first-order chi connectivity index (χ1) is 14.8. The van der Waals surface area contributed by atoms with Gasteiger partial charge in [0.05, 0.1) is 13.2 Å². The molecule has 0 bridgehead atoms. The van der Waals surface area contributed by atoms with Crippen molar-refractivity contribution in [2.45, 2.75) is 19.4 Å². The molecule has 1 aromatic heterocycles. The van der Waals surface area contributed by atoms with Gasteiger partial charge in [0.2, 0.25) is 0 Å². The Morgan fingerprint density at radius 1 is 0.900 bits per heavy atom. The van der Waals surface area contributed by atoms with E-state index in [1.54, 1.807) is 0 Å². The predicted octanol–water partition coefficient (Wildman–Crippen LogP) is 3.84. The first-order valence-corrected chi connectivity index (χ1v) is 11.2. The Balaban J connectivity index is 1.23. The normalized spacial score (nSPS) is 21.1. The number of fused-ring (bicyclic) bond motifs is 1. The molecule has 5 nitrogen and oxygen atoms in total. The number of hydrogen-bond donors (Lipinski definition) is 0. The van der Waals surface area contributed by atoms with Gasteiger partial charge in [-0.2, -0.15) is 0 Å². The van der Waals surface area contributed by atoms with E-state index in [2.05, 4.69) is 52.3 Å². The van der Waals surface area contributed by atoms with Crippen molar-refractivity contribution in [3.05, 3.63) is 60.4 Å². The zero-order valence-corrected chi connectivity index (χ0v) is 17.5. The van der Waals surface area contributed by atoms with E-state index in [1.165, 1.54) is 48.8 Å². The van der Waals surface area contributed by atoms with E-state index in [-0.39, 0.29) is 0 Å². The van der Waals surface area contributed by atoms with Gasteiger partial charge in [-0.1, -0.05) is 42.5 Å². The Kier molecular flexibility index (Phi) is 6.02. The highest BCUT2D eigenvalue weighted by Gasteiger charge is 2.23. The van der Waals surface area contributed by atoms with E-state index in [1.807, 2.05) is 12.4 Å². The van der Waals surface area contributed by atoms with Gasteiger partial charge in [-0.05, 0) is 36.1 Å². The molecule has 0 saturated carbocycles. The van der Waals surface area contributed by atoms with Crippen LogP contribution in [-0.2, 0) is 11.3 Å². The van der Waals surface area contributed by atoms with Crippen molar-refractivity contribution in [2.75, 3.05) is 45.9 Å². The molecule has 30 heavy (non-hydrogen) atoms. The summed E-state index contributed by atoms with van der Waals surface area (Å²) in [5.41, 5.74) is 2.30. The molecule has 0 radical (unpaired) electrons. The highest BCUT2D eigenvalue weighted by atomic mass is 16.5. The Morgan fingerprint density at radius 2 is 1.70 bits per heavy atom. The van der Waals surface area contributed by atoms with Crippen LogP contribution in [0.15, 0.2) is 54.9 Å². The molecule has 2 saturated heterocycles. The summed E-state index contributed by atoms with van der Waals surface area (Å²) in [4.78, 5) is 14.6. The van der Waals surface area contributed by atoms with Crippen molar-refractivity contribution in [3.63, 3.8) is 0 Å². The molecule has 1 unspecified atom stereocenters. The standard InChI is InChI=1S/C25H30N4O/c1-2-8-23-22(6-1)7-3-9-24(23)25-26-15-21(16-27-25)19-29-10-4-5-20(18-29)17-28-11-13-30-14-12-28/h1-3,6-9,15-16,20H,4-5,10-14,17-19H2. The maximum atomic E-state index is 5.49. The highest BCUT2D eigenvalue weighted by Crippen LogP contribution is 2.26. The molecule has 5 heteroatoms. The fourth-order valence-corrected chi connectivity index (χ4v) is 4.85. The van der Waals surface area contributed by atoms with Crippen LogP contribution in [-0.4, -0.2) is 65.7 Å². The molecular formula is C25H30N4O. The molecular weight excluding hydrogens is 372 g/mol. The average Bonchev–Trinajstić information content (AvgIpc) is 2.80. The Hall–Kier alpha value is -2.34. The van der Waals surface area contributed by atoms with Crippen LogP contribution in [0, 0.1) is 5.92 Å². The fraction of sp³-hybridized carbons (Fsp3) is 0.440. The first kappa shape index (κ1) is 19.6. The summed E-state index contributed by atoms with van der Waals surface area (Å²) in [5.74, 6) is 1.56. The predicted molar refractivity (Wildman–Crippen MR) is 120 cm³/mol. The van der Waals surface area contributed by atoms with E-state index < -0.39 is 0 Å². The van der Waals surface area contributed by atoms with Crippen molar-refractivity contribution < 1.29 is 4.74 Å². The molecule has 0 amide bonds. The molecule has 5 rings (SSSR count). The van der Waals surface area contributed by atoms with Crippen LogP contribution < -0.4 is 0 Å². The van der Waals surface area contributed by atoms with Crippen LogP contribution in [0.5, 0.6) is 0 Å². The van der Waals surface area contributed by atoms with Crippen LogP contribution in [0.2, 0.25) is 0 Å². The number of piperidine rings is 1. The Bertz CT molecular complexity index is 963. The minimum atomic E-state index is 0.757. The topological polar surface area (TPSA) is 41.5 Å². The monoisotopic (exact) mass is 402 g/mol. The molecule has 0 N–H and O–H groups in total. The average molecular weight is 403 g/mol. The number of hydrogen-bond acceptors (Lipinski definition) is 5. The lowest BCUT2D eigenvalue weighted by Gasteiger charge is -2.36. The number of aromatic nitrogens is 2. The molecule has 0 aliphatic carbocycles. The summed E-state index contributed by atoms with van der Waals surface area (Å²) < 4.78 is 5.49. The molecule has 3 aromatic rings. The number of likely N-dealkylation sites (tertiary alicyclic amines) is 1. The van der Waals surface area contributed by atoms with Gasteiger partial charge in [0, 0.05) is 56.2 Å². The fourth-order valence-electron chi connectivity index (χ4n) is 4.85. The molecule has 156 valence electrons. The lowest BCUT2D eigenvalue weighted by Crippen LogP contribution is -2.44. The van der Waals surface area contributed by atoms with E-state index in [0.29, 0.717) is 0 Å². The summed E-state index contributed by atoms with van der Waals surface area (Å²) in [6, 6.07) is 14.7. The second-order valence-electron chi connectivity index (χ2n) is 8.60. The minimum Gasteiger partial charge on any atom is -0.379 e. The molecule has 2 aromatic carbocycles. The number of nitrogens with zero attached hydrogens (tertiary/aromatic N) is 4. The van der Waals surface area contributed by atoms with Crippen molar-refractivity contribution >= 4 is 10.8 Å². The summed E-state index contributed by atoms with van der Waals surface area (Å²) in [5, 5.41) is 2.43. The highest BCUT2D eigenvalue weighted by molar-refractivity contribution is 5.94. The number of rotatable bonds is 5. The maximum Gasteiger partial charge on any atom is 0.159 e. The lowest BCUT2D eigenvalue weighted by atomic mass is 9.97. The first-order valence-electron chi connectivity index (χ1n) is 11.2. The van der Waals surface area contributed by atoms with E-state index >= 15 is 0 Å².